The second-order valence-corrected chi connectivity index (χ2v) is 5.22. The molecular formula is C16H15ClFNO. The largest absolute Gasteiger partial charge is 0.469 e. The van der Waals surface area contributed by atoms with E-state index >= 15 is 0 Å². The molecule has 1 aliphatic rings. The van der Waals surface area contributed by atoms with Gasteiger partial charge in [-0.15, -0.1) is 11.6 Å². The maximum Gasteiger partial charge on any atom is 0.218 e. The maximum absolute atomic E-state index is 13.2. The van der Waals surface area contributed by atoms with Crippen molar-refractivity contribution >= 4 is 11.6 Å². The monoisotopic (exact) mass is 291 g/mol. The van der Waals surface area contributed by atoms with E-state index in [2.05, 4.69) is 17.1 Å². The lowest BCUT2D eigenvalue weighted by Gasteiger charge is -2.26. The van der Waals surface area contributed by atoms with Crippen LogP contribution in [0.1, 0.15) is 35.6 Å². The van der Waals surface area contributed by atoms with Crippen molar-refractivity contribution in [2.45, 2.75) is 31.2 Å². The lowest BCUT2D eigenvalue weighted by molar-refractivity contribution is 0.174. The van der Waals surface area contributed by atoms with Crippen molar-refractivity contribution in [3.05, 3.63) is 59.0 Å². The van der Waals surface area contributed by atoms with Gasteiger partial charge in [0.2, 0.25) is 5.88 Å². The summed E-state index contributed by atoms with van der Waals surface area (Å²) in [6.45, 7) is 0. The van der Waals surface area contributed by atoms with Crippen LogP contribution in [0.2, 0.25) is 0 Å². The van der Waals surface area contributed by atoms with Crippen molar-refractivity contribution in [3.8, 4) is 5.88 Å². The number of hydrogen-bond donors (Lipinski definition) is 0. The maximum atomic E-state index is 13.2. The van der Waals surface area contributed by atoms with Gasteiger partial charge in [0, 0.05) is 5.56 Å². The van der Waals surface area contributed by atoms with E-state index in [1.807, 2.05) is 12.1 Å². The Morgan fingerprint density at radius 2 is 2.20 bits per heavy atom. The summed E-state index contributed by atoms with van der Waals surface area (Å²) in [5.41, 5.74) is 3.11. The van der Waals surface area contributed by atoms with Gasteiger partial charge < -0.3 is 4.74 Å². The van der Waals surface area contributed by atoms with Crippen molar-refractivity contribution in [1.82, 2.24) is 4.98 Å². The quantitative estimate of drug-likeness (QED) is 0.781. The standard InChI is InChI=1S/C16H15ClFNO/c17-9-12-8-13(18)10-19-16(12)20-15-7-3-5-11-4-1-2-6-14(11)15/h1-2,4,6,8,10,15H,3,5,7,9H2. The molecule has 4 heteroatoms. The number of halogens is 2. The van der Waals surface area contributed by atoms with Crippen LogP contribution < -0.4 is 4.74 Å². The highest BCUT2D eigenvalue weighted by atomic mass is 35.5. The molecule has 1 aromatic carbocycles. The Kier molecular flexibility index (Phi) is 3.88. The third-order valence-corrected chi connectivity index (χ3v) is 3.89. The molecule has 0 radical (unpaired) electrons. The van der Waals surface area contributed by atoms with Crippen LogP contribution in [0, 0.1) is 5.82 Å². The lowest BCUT2D eigenvalue weighted by Crippen LogP contribution is -2.16. The minimum Gasteiger partial charge on any atom is -0.469 e. The Bertz CT molecular complexity index is 617. The molecule has 2 aromatic rings. The van der Waals surface area contributed by atoms with Gasteiger partial charge in [-0.2, -0.15) is 0 Å². The Morgan fingerprint density at radius 3 is 3.05 bits per heavy atom. The first-order valence-corrected chi connectivity index (χ1v) is 7.26. The van der Waals surface area contributed by atoms with E-state index in [1.54, 1.807) is 0 Å². The van der Waals surface area contributed by atoms with Crippen molar-refractivity contribution in [3.63, 3.8) is 0 Å². The van der Waals surface area contributed by atoms with Crippen LogP contribution in [0.4, 0.5) is 4.39 Å². The van der Waals surface area contributed by atoms with Gasteiger partial charge in [-0.05, 0) is 36.5 Å². The first-order valence-electron chi connectivity index (χ1n) is 6.73. The fourth-order valence-electron chi connectivity index (χ4n) is 2.64. The number of aryl methyl sites for hydroxylation is 1. The van der Waals surface area contributed by atoms with Gasteiger partial charge in [-0.3, -0.25) is 0 Å². The van der Waals surface area contributed by atoms with Gasteiger partial charge in [0.25, 0.3) is 0 Å². The van der Waals surface area contributed by atoms with E-state index in [9.17, 15) is 4.39 Å². The number of benzene rings is 1. The zero-order chi connectivity index (χ0) is 13.9. The first kappa shape index (κ1) is 13.4. The summed E-state index contributed by atoms with van der Waals surface area (Å²) in [4.78, 5) is 4.03. The molecule has 0 saturated carbocycles. The molecule has 20 heavy (non-hydrogen) atoms. The van der Waals surface area contributed by atoms with Crippen molar-refractivity contribution in [2.75, 3.05) is 0 Å². The highest BCUT2D eigenvalue weighted by molar-refractivity contribution is 6.17. The van der Waals surface area contributed by atoms with Crippen LogP contribution >= 0.6 is 11.6 Å². The molecule has 1 aromatic heterocycles. The third-order valence-electron chi connectivity index (χ3n) is 3.60. The summed E-state index contributed by atoms with van der Waals surface area (Å²) in [6, 6.07) is 9.65. The summed E-state index contributed by atoms with van der Waals surface area (Å²) in [5.74, 6) is 0.231. The van der Waals surface area contributed by atoms with Gasteiger partial charge in [0.1, 0.15) is 11.9 Å². The number of aromatic nitrogens is 1. The normalized spacial score (nSPS) is 17.6. The Morgan fingerprint density at radius 1 is 1.35 bits per heavy atom. The zero-order valence-electron chi connectivity index (χ0n) is 11.0. The Hall–Kier alpha value is -1.61. The summed E-state index contributed by atoms with van der Waals surface area (Å²) in [6.07, 6.45) is 4.24. The highest BCUT2D eigenvalue weighted by Gasteiger charge is 2.22. The number of alkyl halides is 1. The second-order valence-electron chi connectivity index (χ2n) is 4.95. The molecule has 0 amide bonds. The van der Waals surface area contributed by atoms with Crippen molar-refractivity contribution in [2.24, 2.45) is 0 Å². The third kappa shape index (κ3) is 2.63. The molecule has 1 atom stereocenters. The van der Waals surface area contributed by atoms with Crippen LogP contribution in [0.3, 0.4) is 0 Å². The molecule has 0 N–H and O–H groups in total. The minimum absolute atomic E-state index is 0.0279. The van der Waals surface area contributed by atoms with E-state index in [0.717, 1.165) is 19.3 Å². The molecular weight excluding hydrogens is 277 g/mol. The molecule has 1 aliphatic carbocycles. The van der Waals surface area contributed by atoms with Gasteiger partial charge in [0.05, 0.1) is 12.1 Å². The molecule has 0 saturated heterocycles. The molecule has 104 valence electrons. The molecule has 0 aliphatic heterocycles. The molecule has 2 nitrogen and oxygen atoms in total. The summed E-state index contributed by atoms with van der Waals surface area (Å²) in [5, 5.41) is 0. The molecule has 1 unspecified atom stereocenters. The smallest absolute Gasteiger partial charge is 0.218 e. The summed E-state index contributed by atoms with van der Waals surface area (Å²) < 4.78 is 19.2. The number of fused-ring (bicyclic) bond motifs is 1. The SMILES string of the molecule is Fc1cnc(OC2CCCc3ccccc32)c(CCl)c1. The van der Waals surface area contributed by atoms with Crippen molar-refractivity contribution < 1.29 is 9.13 Å². The molecule has 1 heterocycles. The lowest BCUT2D eigenvalue weighted by atomic mass is 9.89. The zero-order valence-corrected chi connectivity index (χ0v) is 11.7. The average Bonchev–Trinajstić information content (AvgIpc) is 2.49. The second kappa shape index (κ2) is 5.80. The average molecular weight is 292 g/mol. The minimum atomic E-state index is -0.392. The van der Waals surface area contributed by atoms with Gasteiger partial charge in [-0.1, -0.05) is 24.3 Å². The Labute approximate surface area is 122 Å². The van der Waals surface area contributed by atoms with E-state index in [4.69, 9.17) is 16.3 Å². The first-order chi connectivity index (χ1) is 9.78. The van der Waals surface area contributed by atoms with Gasteiger partial charge >= 0.3 is 0 Å². The predicted octanol–water partition coefficient (Wildman–Crippen LogP) is 4.42. The van der Waals surface area contributed by atoms with Crippen LogP contribution in [-0.2, 0) is 12.3 Å². The van der Waals surface area contributed by atoms with E-state index < -0.39 is 5.82 Å². The molecule has 3 rings (SSSR count). The van der Waals surface area contributed by atoms with Gasteiger partial charge in [-0.25, -0.2) is 9.37 Å². The number of ether oxygens (including phenoxy) is 1. The Balaban J connectivity index is 1.89. The number of pyridine rings is 1. The molecule has 0 spiro atoms. The fraction of sp³-hybridized carbons (Fsp3) is 0.312. The highest BCUT2D eigenvalue weighted by Crippen LogP contribution is 2.34. The van der Waals surface area contributed by atoms with Gasteiger partial charge in [0.15, 0.2) is 0 Å². The van der Waals surface area contributed by atoms with E-state index in [1.165, 1.54) is 23.4 Å². The van der Waals surface area contributed by atoms with E-state index in [0.29, 0.717) is 11.4 Å². The summed E-state index contributed by atoms with van der Waals surface area (Å²) in [7, 11) is 0. The van der Waals surface area contributed by atoms with E-state index in [-0.39, 0.29) is 12.0 Å². The predicted molar refractivity (Wildman–Crippen MR) is 76.5 cm³/mol. The number of nitrogens with zero attached hydrogens (tertiary/aromatic N) is 1. The van der Waals surface area contributed by atoms with Crippen LogP contribution in [-0.4, -0.2) is 4.98 Å². The number of hydrogen-bond acceptors (Lipinski definition) is 2. The molecule has 0 bridgehead atoms. The number of rotatable bonds is 3. The summed E-state index contributed by atoms with van der Waals surface area (Å²) >= 11 is 5.84. The van der Waals surface area contributed by atoms with Crippen LogP contribution in [0.5, 0.6) is 5.88 Å². The fourth-order valence-corrected chi connectivity index (χ4v) is 2.83. The molecule has 0 fully saturated rings. The van der Waals surface area contributed by atoms with Crippen LogP contribution in [0.25, 0.3) is 0 Å². The van der Waals surface area contributed by atoms with Crippen molar-refractivity contribution in [1.29, 1.82) is 0 Å². The topological polar surface area (TPSA) is 22.1 Å². The van der Waals surface area contributed by atoms with Crippen LogP contribution in [0.15, 0.2) is 36.5 Å².